The molecule has 1 aromatic rings. The highest BCUT2D eigenvalue weighted by Crippen LogP contribution is 2.19. The summed E-state index contributed by atoms with van der Waals surface area (Å²) in [6, 6.07) is 5.42. The predicted molar refractivity (Wildman–Crippen MR) is 76.5 cm³/mol. The van der Waals surface area contributed by atoms with E-state index in [1.807, 2.05) is 19.1 Å². The van der Waals surface area contributed by atoms with Gasteiger partial charge in [0.15, 0.2) is 5.84 Å². The molecule has 1 rings (SSSR count). The van der Waals surface area contributed by atoms with Crippen LogP contribution in [0.1, 0.15) is 43.7 Å². The number of rotatable bonds is 6. The third kappa shape index (κ3) is 4.28. The maximum absolute atomic E-state index is 11.8. The smallest absolute Gasteiger partial charge is 0.224 e. The summed E-state index contributed by atoms with van der Waals surface area (Å²) in [4.78, 5) is 11.8. The molecule has 1 amide bonds. The molecular weight excluding hydrogens is 242 g/mol. The zero-order valence-electron chi connectivity index (χ0n) is 11.4. The zero-order valence-corrected chi connectivity index (χ0v) is 11.4. The fraction of sp³-hybridized carbons (Fsp3) is 0.429. The molecule has 0 spiro atoms. The van der Waals surface area contributed by atoms with Gasteiger partial charge in [-0.25, -0.2) is 0 Å². The first kappa shape index (κ1) is 15.0. The Morgan fingerprint density at radius 3 is 2.79 bits per heavy atom. The second-order valence-corrected chi connectivity index (χ2v) is 4.49. The summed E-state index contributed by atoms with van der Waals surface area (Å²) in [5.74, 6) is -0.0482. The van der Waals surface area contributed by atoms with Crippen LogP contribution in [0.5, 0.6) is 0 Å². The van der Waals surface area contributed by atoms with Crippen molar-refractivity contribution < 1.29 is 10.0 Å². The molecule has 104 valence electrons. The van der Waals surface area contributed by atoms with E-state index in [9.17, 15) is 4.79 Å². The molecule has 0 aliphatic rings. The van der Waals surface area contributed by atoms with Crippen LogP contribution >= 0.6 is 0 Å². The number of unbranched alkanes of at least 4 members (excludes halogenated alkanes) is 2. The Morgan fingerprint density at radius 1 is 1.42 bits per heavy atom. The number of carbonyl (C=O) groups is 1. The molecule has 0 aromatic heterocycles. The van der Waals surface area contributed by atoms with E-state index in [-0.39, 0.29) is 11.7 Å². The van der Waals surface area contributed by atoms with E-state index < -0.39 is 0 Å². The molecule has 0 aliphatic heterocycles. The van der Waals surface area contributed by atoms with Crippen LogP contribution in [0.3, 0.4) is 0 Å². The number of hydrogen-bond donors (Lipinski definition) is 3. The van der Waals surface area contributed by atoms with E-state index in [2.05, 4.69) is 17.4 Å². The average molecular weight is 263 g/mol. The molecule has 19 heavy (non-hydrogen) atoms. The highest BCUT2D eigenvalue weighted by Gasteiger charge is 2.12. The van der Waals surface area contributed by atoms with Gasteiger partial charge in [-0.15, -0.1) is 0 Å². The molecule has 0 heterocycles. The van der Waals surface area contributed by atoms with Gasteiger partial charge in [0.05, 0.1) is 5.69 Å². The van der Waals surface area contributed by atoms with Crippen LogP contribution in [0.4, 0.5) is 5.69 Å². The molecule has 4 N–H and O–H groups in total. The highest BCUT2D eigenvalue weighted by atomic mass is 16.4. The number of anilines is 1. The van der Waals surface area contributed by atoms with Gasteiger partial charge in [0, 0.05) is 12.0 Å². The van der Waals surface area contributed by atoms with Gasteiger partial charge in [0.1, 0.15) is 0 Å². The van der Waals surface area contributed by atoms with Gasteiger partial charge in [-0.2, -0.15) is 0 Å². The van der Waals surface area contributed by atoms with E-state index in [4.69, 9.17) is 10.9 Å². The minimum Gasteiger partial charge on any atom is -0.409 e. The van der Waals surface area contributed by atoms with Gasteiger partial charge < -0.3 is 16.3 Å². The molecule has 0 saturated heterocycles. The zero-order chi connectivity index (χ0) is 14.3. The summed E-state index contributed by atoms with van der Waals surface area (Å²) in [5, 5.41) is 14.6. The van der Waals surface area contributed by atoms with Crippen LogP contribution in [0.25, 0.3) is 0 Å². The van der Waals surface area contributed by atoms with Gasteiger partial charge in [0.25, 0.3) is 0 Å². The summed E-state index contributed by atoms with van der Waals surface area (Å²) < 4.78 is 0. The SMILES string of the molecule is CCCCCC(=O)Nc1cccc(C)c1/C(N)=N/O. The van der Waals surface area contributed by atoms with Crippen LogP contribution in [-0.4, -0.2) is 17.0 Å². The second-order valence-electron chi connectivity index (χ2n) is 4.49. The van der Waals surface area contributed by atoms with Crippen molar-refractivity contribution in [3.8, 4) is 0 Å². The number of nitrogens with two attached hydrogens (primary N) is 1. The quantitative estimate of drug-likeness (QED) is 0.242. The van der Waals surface area contributed by atoms with Crippen molar-refractivity contribution in [2.75, 3.05) is 5.32 Å². The molecule has 1 aromatic carbocycles. The molecule has 0 bridgehead atoms. The Balaban J connectivity index is 2.83. The first-order chi connectivity index (χ1) is 9.10. The van der Waals surface area contributed by atoms with Crippen molar-refractivity contribution in [3.63, 3.8) is 0 Å². The van der Waals surface area contributed by atoms with E-state index in [0.717, 1.165) is 24.8 Å². The number of hydrogen-bond acceptors (Lipinski definition) is 3. The molecule has 5 heteroatoms. The van der Waals surface area contributed by atoms with E-state index >= 15 is 0 Å². The summed E-state index contributed by atoms with van der Waals surface area (Å²) >= 11 is 0. The number of nitrogens with zero attached hydrogens (tertiary/aromatic N) is 1. The molecule has 0 unspecified atom stereocenters. The summed E-state index contributed by atoms with van der Waals surface area (Å²) in [7, 11) is 0. The van der Waals surface area contributed by atoms with Gasteiger partial charge in [0.2, 0.25) is 5.91 Å². The van der Waals surface area contributed by atoms with Crippen molar-refractivity contribution in [3.05, 3.63) is 29.3 Å². The minimum absolute atomic E-state index is 0.00181. The van der Waals surface area contributed by atoms with Crippen molar-refractivity contribution in [1.82, 2.24) is 0 Å². The lowest BCUT2D eigenvalue weighted by Gasteiger charge is -2.12. The van der Waals surface area contributed by atoms with Crippen LogP contribution in [0.2, 0.25) is 0 Å². The number of oxime groups is 1. The standard InChI is InChI=1S/C14H21N3O2/c1-3-4-5-9-12(18)16-11-8-6-7-10(2)13(11)14(15)17-19/h6-8,19H,3-5,9H2,1-2H3,(H2,15,17)(H,16,18). The monoisotopic (exact) mass is 263 g/mol. The number of aryl methyl sites for hydroxylation is 1. The molecule has 0 atom stereocenters. The van der Waals surface area contributed by atoms with Crippen molar-refractivity contribution in [2.45, 2.75) is 39.5 Å². The second kappa shape index (κ2) is 7.41. The largest absolute Gasteiger partial charge is 0.409 e. The first-order valence-corrected chi connectivity index (χ1v) is 6.47. The molecular formula is C14H21N3O2. The number of nitrogens with one attached hydrogen (secondary N) is 1. The Bertz CT molecular complexity index is 470. The third-order valence-corrected chi connectivity index (χ3v) is 2.92. The Hall–Kier alpha value is -2.04. The van der Waals surface area contributed by atoms with Crippen LogP contribution in [-0.2, 0) is 4.79 Å². The van der Waals surface area contributed by atoms with E-state index in [1.165, 1.54) is 0 Å². The average Bonchev–Trinajstić information content (AvgIpc) is 2.38. The number of amidine groups is 1. The molecule has 0 saturated carbocycles. The number of carbonyl (C=O) groups excluding carboxylic acids is 1. The van der Waals surface area contributed by atoms with Crippen molar-refractivity contribution >= 4 is 17.4 Å². The topological polar surface area (TPSA) is 87.7 Å². The van der Waals surface area contributed by atoms with Gasteiger partial charge in [-0.3, -0.25) is 4.79 Å². The lowest BCUT2D eigenvalue weighted by atomic mass is 10.1. The fourth-order valence-electron chi connectivity index (χ4n) is 1.91. The first-order valence-electron chi connectivity index (χ1n) is 6.47. The lowest BCUT2D eigenvalue weighted by molar-refractivity contribution is -0.116. The van der Waals surface area contributed by atoms with Gasteiger partial charge in [-0.05, 0) is 25.0 Å². The van der Waals surface area contributed by atoms with Gasteiger partial charge in [-0.1, -0.05) is 37.1 Å². The Labute approximate surface area is 113 Å². The maximum atomic E-state index is 11.8. The predicted octanol–water partition coefficient (Wildman–Crippen LogP) is 2.61. The van der Waals surface area contributed by atoms with E-state index in [0.29, 0.717) is 17.7 Å². The summed E-state index contributed by atoms with van der Waals surface area (Å²) in [6.07, 6.45) is 3.46. The van der Waals surface area contributed by atoms with Crippen molar-refractivity contribution in [1.29, 1.82) is 0 Å². The molecule has 0 aliphatic carbocycles. The maximum Gasteiger partial charge on any atom is 0.224 e. The normalized spacial score (nSPS) is 11.4. The van der Waals surface area contributed by atoms with Gasteiger partial charge >= 0.3 is 0 Å². The van der Waals surface area contributed by atoms with Crippen LogP contribution in [0, 0.1) is 6.92 Å². The fourth-order valence-corrected chi connectivity index (χ4v) is 1.91. The Kier molecular flexibility index (Phi) is 5.85. The van der Waals surface area contributed by atoms with Crippen molar-refractivity contribution in [2.24, 2.45) is 10.9 Å². The van der Waals surface area contributed by atoms with E-state index in [1.54, 1.807) is 6.07 Å². The Morgan fingerprint density at radius 2 is 2.16 bits per heavy atom. The number of benzene rings is 1. The summed E-state index contributed by atoms with van der Waals surface area (Å²) in [6.45, 7) is 3.94. The van der Waals surface area contributed by atoms with Crippen LogP contribution in [0.15, 0.2) is 23.4 Å². The minimum atomic E-state index is -0.0500. The van der Waals surface area contributed by atoms with Crippen LogP contribution < -0.4 is 11.1 Å². The highest BCUT2D eigenvalue weighted by molar-refractivity contribution is 6.06. The molecule has 5 nitrogen and oxygen atoms in total. The summed E-state index contributed by atoms with van der Waals surface area (Å²) in [5.41, 5.74) is 7.63. The molecule has 0 fully saturated rings. The number of amides is 1. The third-order valence-electron chi connectivity index (χ3n) is 2.92. The lowest BCUT2D eigenvalue weighted by Crippen LogP contribution is -2.20. The molecule has 0 radical (unpaired) electrons.